The molecule has 1 heterocycles. The van der Waals surface area contributed by atoms with Crippen LogP contribution in [0.3, 0.4) is 0 Å². The highest BCUT2D eigenvalue weighted by atomic mass is 16.5. The quantitative estimate of drug-likeness (QED) is 0.0389. The van der Waals surface area contributed by atoms with Gasteiger partial charge >= 0.3 is 0 Å². The highest BCUT2D eigenvalue weighted by Gasteiger charge is 2.48. The molecule has 9 heteroatoms. The Hall–Kier alpha value is -1.26. The van der Waals surface area contributed by atoms with Gasteiger partial charge in [0.2, 0.25) is 11.8 Å². The lowest BCUT2D eigenvalue weighted by Crippen LogP contribution is -2.69. The highest BCUT2D eigenvalue weighted by molar-refractivity contribution is 5.82. The Balaban J connectivity index is 2.64. The summed E-state index contributed by atoms with van der Waals surface area (Å²) in [6.45, 7) is 8.42. The van der Waals surface area contributed by atoms with Crippen molar-refractivity contribution in [3.8, 4) is 0 Å². The molecule has 0 aliphatic carbocycles. The number of ether oxygens (including phenoxy) is 1. The molecule has 6 atom stereocenters. The smallest absolute Gasteiger partial charge is 0.237 e. The average Bonchev–Trinajstić information content (AvgIpc) is 3.19. The van der Waals surface area contributed by atoms with E-state index in [9.17, 15) is 24.9 Å². The van der Waals surface area contributed by atoms with E-state index in [4.69, 9.17) is 10.5 Å². The van der Waals surface area contributed by atoms with Gasteiger partial charge in [0.1, 0.15) is 24.4 Å². The monoisotopic (exact) mass is 810 g/mol. The number of nitrogens with zero attached hydrogens (tertiary/aromatic N) is 1. The van der Waals surface area contributed by atoms with Gasteiger partial charge in [0.05, 0.1) is 12.6 Å². The van der Waals surface area contributed by atoms with Crippen LogP contribution < -0.4 is 11.1 Å². The maximum atomic E-state index is 14.0. The Kier molecular flexibility index (Phi) is 34.5. The number of hydrogen-bond acceptors (Lipinski definition) is 7. The topological polar surface area (TPSA) is 145 Å². The first-order valence-electron chi connectivity index (χ1n) is 24.7. The molecule has 1 aliphatic rings. The van der Waals surface area contributed by atoms with E-state index in [1.807, 2.05) is 13.8 Å². The summed E-state index contributed by atoms with van der Waals surface area (Å²) < 4.78 is 6.17. The molecule has 0 aromatic heterocycles. The second-order valence-corrected chi connectivity index (χ2v) is 18.1. The number of nitrogens with two attached hydrogens (primary N) is 1. The summed E-state index contributed by atoms with van der Waals surface area (Å²) in [5.41, 5.74) is 6.21. The Morgan fingerprint density at radius 2 is 0.965 bits per heavy atom. The van der Waals surface area contributed by atoms with Crippen molar-refractivity contribution in [2.45, 2.75) is 276 Å². The molecule has 338 valence electrons. The first-order chi connectivity index (χ1) is 27.7. The van der Waals surface area contributed by atoms with E-state index in [0.29, 0.717) is 19.4 Å². The molecule has 1 rings (SSSR count). The predicted molar refractivity (Wildman–Crippen MR) is 238 cm³/mol. The molecule has 1 aliphatic heterocycles. The van der Waals surface area contributed by atoms with Crippen molar-refractivity contribution in [3.63, 3.8) is 0 Å². The molecule has 0 aromatic rings. The number of aliphatic hydroxyl groups is 3. The molecule has 57 heavy (non-hydrogen) atoms. The zero-order chi connectivity index (χ0) is 41.9. The van der Waals surface area contributed by atoms with Crippen LogP contribution in [0.15, 0.2) is 0 Å². The summed E-state index contributed by atoms with van der Waals surface area (Å²) in [5.74, 6) is -0.337. The number of amides is 2. The van der Waals surface area contributed by atoms with Gasteiger partial charge in [0.15, 0.2) is 6.23 Å². The van der Waals surface area contributed by atoms with Gasteiger partial charge in [-0.15, -0.1) is 0 Å². The van der Waals surface area contributed by atoms with E-state index < -0.39 is 49.1 Å². The van der Waals surface area contributed by atoms with Gasteiger partial charge in [-0.25, -0.2) is 0 Å². The highest BCUT2D eigenvalue weighted by Crippen LogP contribution is 2.26. The van der Waals surface area contributed by atoms with Gasteiger partial charge in [-0.1, -0.05) is 214 Å². The average molecular weight is 810 g/mol. The summed E-state index contributed by atoms with van der Waals surface area (Å²) in [7, 11) is 0. The lowest BCUT2D eigenvalue weighted by atomic mass is 9.94. The molecule has 2 amide bonds. The summed E-state index contributed by atoms with van der Waals surface area (Å²) in [4.78, 5) is 28.8. The number of carbonyl (C=O) groups is 2. The third-order valence-electron chi connectivity index (χ3n) is 12.1. The summed E-state index contributed by atoms with van der Waals surface area (Å²) in [6.07, 6.45) is 34.8. The fourth-order valence-corrected chi connectivity index (χ4v) is 8.42. The third kappa shape index (κ3) is 26.5. The van der Waals surface area contributed by atoms with Crippen LogP contribution in [-0.2, 0) is 14.3 Å². The summed E-state index contributed by atoms with van der Waals surface area (Å²) >= 11 is 0. The van der Waals surface area contributed by atoms with Crippen LogP contribution in [0.5, 0.6) is 0 Å². The van der Waals surface area contributed by atoms with E-state index in [0.717, 1.165) is 38.5 Å². The van der Waals surface area contributed by atoms with Crippen LogP contribution in [0.1, 0.15) is 240 Å². The number of hydrogen-bond donors (Lipinski definition) is 5. The molecular weight excluding hydrogens is 715 g/mol. The van der Waals surface area contributed by atoms with E-state index in [-0.39, 0.29) is 11.8 Å². The molecule has 1 fully saturated rings. The Morgan fingerprint density at radius 1 is 0.596 bits per heavy atom. The van der Waals surface area contributed by atoms with Crippen LogP contribution in [-0.4, -0.2) is 81.8 Å². The van der Waals surface area contributed by atoms with E-state index in [1.54, 1.807) is 4.90 Å². The van der Waals surface area contributed by atoms with Crippen molar-refractivity contribution in [3.05, 3.63) is 0 Å². The molecule has 9 nitrogen and oxygen atoms in total. The molecule has 0 saturated carbocycles. The van der Waals surface area contributed by atoms with E-state index in [1.165, 1.54) is 161 Å². The fourth-order valence-electron chi connectivity index (χ4n) is 8.42. The second-order valence-electron chi connectivity index (χ2n) is 18.1. The second kappa shape index (κ2) is 36.6. The molecule has 1 saturated heterocycles. The van der Waals surface area contributed by atoms with Gasteiger partial charge in [-0.3, -0.25) is 9.59 Å². The maximum absolute atomic E-state index is 14.0. The lowest BCUT2D eigenvalue weighted by molar-refractivity contribution is -0.231. The van der Waals surface area contributed by atoms with Gasteiger partial charge in [-0.2, -0.15) is 0 Å². The largest absolute Gasteiger partial charge is 0.394 e. The van der Waals surface area contributed by atoms with Crippen molar-refractivity contribution in [2.75, 3.05) is 13.2 Å². The summed E-state index contributed by atoms with van der Waals surface area (Å²) in [6, 6.07) is -1.87. The minimum atomic E-state index is -1.43. The van der Waals surface area contributed by atoms with Crippen LogP contribution in [0.25, 0.3) is 0 Å². The normalized spacial score (nSPS) is 20.3. The fraction of sp³-hybridized carbons (Fsp3) is 0.958. The van der Waals surface area contributed by atoms with Crippen molar-refractivity contribution < 1.29 is 29.6 Å². The zero-order valence-electron chi connectivity index (χ0n) is 37.9. The van der Waals surface area contributed by atoms with E-state index in [2.05, 4.69) is 19.2 Å². The number of aliphatic hydroxyl groups excluding tert-OH is 3. The van der Waals surface area contributed by atoms with Gasteiger partial charge < -0.3 is 36.0 Å². The maximum Gasteiger partial charge on any atom is 0.237 e. The SMILES string of the molecule is CCCCCCCCCCCCCCCCCCN(C(=O)CCCCCCCCCCCCCCCCC)[C@@H]1O[C@H](CO)[C@H](O)[C@H](O)[C@H]1NC(=O)[C@@H](N)CC(C)C. The number of unbranched alkanes of at least 4 members (excludes halogenated alkanes) is 29. The zero-order valence-corrected chi connectivity index (χ0v) is 37.9. The minimum absolute atomic E-state index is 0.0818. The molecule has 0 spiro atoms. The Morgan fingerprint density at radius 3 is 1.33 bits per heavy atom. The van der Waals surface area contributed by atoms with Gasteiger partial charge in [0, 0.05) is 13.0 Å². The van der Waals surface area contributed by atoms with Crippen LogP contribution in [0.4, 0.5) is 0 Å². The molecular formula is C48H95N3O6. The minimum Gasteiger partial charge on any atom is -0.394 e. The van der Waals surface area contributed by atoms with Crippen molar-refractivity contribution in [2.24, 2.45) is 11.7 Å². The van der Waals surface area contributed by atoms with Crippen molar-refractivity contribution in [1.29, 1.82) is 0 Å². The van der Waals surface area contributed by atoms with Crippen molar-refractivity contribution in [1.82, 2.24) is 10.2 Å². The van der Waals surface area contributed by atoms with E-state index >= 15 is 0 Å². The third-order valence-corrected chi connectivity index (χ3v) is 12.1. The molecule has 0 unspecified atom stereocenters. The molecule has 0 aromatic carbocycles. The first kappa shape index (κ1) is 53.8. The molecule has 0 bridgehead atoms. The molecule has 6 N–H and O–H groups in total. The number of carbonyl (C=O) groups excluding carboxylic acids is 2. The Labute approximate surface area is 351 Å². The van der Waals surface area contributed by atoms with Crippen LogP contribution >= 0.6 is 0 Å². The van der Waals surface area contributed by atoms with Gasteiger partial charge in [0.25, 0.3) is 0 Å². The number of nitrogens with one attached hydrogen (secondary N) is 1. The lowest BCUT2D eigenvalue weighted by Gasteiger charge is -2.47. The summed E-state index contributed by atoms with van der Waals surface area (Å²) in [5, 5.41) is 34.9. The van der Waals surface area contributed by atoms with Gasteiger partial charge in [-0.05, 0) is 25.2 Å². The van der Waals surface area contributed by atoms with Crippen LogP contribution in [0, 0.1) is 5.92 Å². The van der Waals surface area contributed by atoms with Crippen molar-refractivity contribution >= 4 is 11.8 Å². The standard InChI is InChI=1S/C48H95N3O6/c1-5-7-9-11-13-15-17-19-21-23-25-27-29-31-33-35-37-51(43(53)36-34-32-30-28-26-24-22-20-18-16-14-12-10-8-6-2)48-44(46(55)45(54)42(39-52)57-48)50-47(56)41(49)38-40(3)4/h40-42,44-46,48,52,54-55H,5-39,49H2,1-4H3,(H,50,56)/t41-,42+,44+,45-,46+,48+/m0/s1. The molecule has 0 radical (unpaired) electrons. The Bertz CT molecular complexity index is 938. The van der Waals surface area contributed by atoms with Crippen LogP contribution in [0.2, 0.25) is 0 Å². The first-order valence-corrected chi connectivity index (χ1v) is 24.7. The predicted octanol–water partition coefficient (Wildman–Crippen LogP) is 10.6. The number of rotatable bonds is 39.